The van der Waals surface area contributed by atoms with Crippen molar-refractivity contribution in [2.75, 3.05) is 49.5 Å². The maximum absolute atomic E-state index is 13.3. The van der Waals surface area contributed by atoms with E-state index in [0.717, 1.165) is 31.4 Å². The molecule has 4 amide bonds. The van der Waals surface area contributed by atoms with Gasteiger partial charge in [-0.2, -0.15) is 0 Å². The number of carboxylic acids is 1. The number of hydrogen-bond acceptors (Lipinski definition) is 7. The first-order valence-corrected chi connectivity index (χ1v) is 14.1. The molecule has 3 heterocycles. The quantitative estimate of drug-likeness (QED) is 0.343. The Morgan fingerprint density at radius 1 is 1.12 bits per heavy atom. The second-order valence-corrected chi connectivity index (χ2v) is 10.2. The Kier molecular flexibility index (Phi) is 10.5. The van der Waals surface area contributed by atoms with Crippen LogP contribution in [0.25, 0.3) is 0 Å². The Bertz CT molecular complexity index is 1220. The van der Waals surface area contributed by atoms with E-state index in [1.165, 1.54) is 6.20 Å². The highest BCUT2D eigenvalue weighted by Crippen LogP contribution is 2.29. The van der Waals surface area contributed by atoms with Gasteiger partial charge in [-0.1, -0.05) is 13.0 Å². The van der Waals surface area contributed by atoms with Crippen molar-refractivity contribution < 1.29 is 29.0 Å². The Labute approximate surface area is 239 Å². The average molecular weight is 567 g/mol. The van der Waals surface area contributed by atoms with Gasteiger partial charge in [0.2, 0.25) is 0 Å². The summed E-state index contributed by atoms with van der Waals surface area (Å²) in [5.74, 6) is -1.51. The van der Waals surface area contributed by atoms with E-state index < -0.39 is 23.9 Å². The fourth-order valence-corrected chi connectivity index (χ4v) is 5.06. The van der Waals surface area contributed by atoms with Gasteiger partial charge < -0.3 is 35.6 Å². The summed E-state index contributed by atoms with van der Waals surface area (Å²) in [5, 5.41) is 17.9. The molecule has 2 saturated heterocycles. The predicted octanol–water partition coefficient (Wildman–Crippen LogP) is 2.78. The third-order valence-electron chi connectivity index (χ3n) is 7.17. The van der Waals surface area contributed by atoms with Gasteiger partial charge in [-0.15, -0.1) is 0 Å². The number of nitrogens with zero attached hydrogens (tertiary/aromatic N) is 3. The zero-order chi connectivity index (χ0) is 29.2. The molecule has 2 aromatic rings. The first-order chi connectivity index (χ1) is 19.9. The molecule has 0 radical (unpaired) electrons. The number of urea groups is 1. The van der Waals surface area contributed by atoms with Gasteiger partial charge in [0, 0.05) is 57.3 Å². The van der Waals surface area contributed by atoms with E-state index in [2.05, 4.69) is 25.8 Å². The van der Waals surface area contributed by atoms with Crippen molar-refractivity contribution in [3.8, 4) is 0 Å². The molecular weight excluding hydrogens is 528 g/mol. The van der Waals surface area contributed by atoms with Crippen molar-refractivity contribution in [3.05, 3.63) is 53.9 Å². The number of aliphatic carboxylic acids is 1. The Hall–Kier alpha value is -4.19. The molecule has 4 N–H and O–H groups in total. The number of anilines is 2. The van der Waals surface area contributed by atoms with Crippen molar-refractivity contribution >= 4 is 35.2 Å². The number of amides is 4. The number of benzene rings is 1. The molecule has 2 aliphatic rings. The van der Waals surface area contributed by atoms with Gasteiger partial charge in [-0.3, -0.25) is 19.4 Å². The first-order valence-electron chi connectivity index (χ1n) is 14.1. The normalized spacial score (nSPS) is 17.8. The van der Waals surface area contributed by atoms with Crippen LogP contribution in [0.15, 0.2) is 42.7 Å². The molecule has 0 saturated carbocycles. The second-order valence-electron chi connectivity index (χ2n) is 10.2. The predicted molar refractivity (Wildman–Crippen MR) is 153 cm³/mol. The Morgan fingerprint density at radius 2 is 1.98 bits per heavy atom. The van der Waals surface area contributed by atoms with Crippen LogP contribution in [-0.2, 0) is 14.3 Å². The molecule has 2 fully saturated rings. The third kappa shape index (κ3) is 8.16. The molecule has 41 heavy (non-hydrogen) atoms. The van der Waals surface area contributed by atoms with Crippen LogP contribution >= 0.6 is 0 Å². The summed E-state index contributed by atoms with van der Waals surface area (Å²) in [6.07, 6.45) is 5.57. The summed E-state index contributed by atoms with van der Waals surface area (Å²) >= 11 is 0. The van der Waals surface area contributed by atoms with Gasteiger partial charge >= 0.3 is 12.0 Å². The van der Waals surface area contributed by atoms with Crippen LogP contribution < -0.4 is 20.9 Å². The summed E-state index contributed by atoms with van der Waals surface area (Å²) in [5.41, 5.74) is 2.02. The van der Waals surface area contributed by atoms with Crippen molar-refractivity contribution in [2.24, 2.45) is 0 Å². The molecule has 12 heteroatoms. The molecule has 220 valence electrons. The number of carbonyl (C=O) groups is 4. The lowest BCUT2D eigenvalue weighted by Crippen LogP contribution is -2.41. The van der Waals surface area contributed by atoms with E-state index in [0.29, 0.717) is 50.6 Å². The molecule has 0 aliphatic carbocycles. The molecule has 0 bridgehead atoms. The maximum Gasteiger partial charge on any atom is 0.319 e. The summed E-state index contributed by atoms with van der Waals surface area (Å²) in [6.45, 7) is 5.41. The smallest absolute Gasteiger partial charge is 0.319 e. The van der Waals surface area contributed by atoms with Crippen molar-refractivity contribution in [1.82, 2.24) is 20.5 Å². The molecule has 4 rings (SSSR count). The maximum atomic E-state index is 13.3. The number of rotatable bonds is 10. The number of nitrogens with one attached hydrogen (secondary N) is 3. The molecular formula is C29H38N6O6. The first kappa shape index (κ1) is 29.8. The lowest BCUT2D eigenvalue weighted by Gasteiger charge is -2.27. The molecule has 1 aromatic carbocycles. The number of pyridine rings is 1. The van der Waals surface area contributed by atoms with Gasteiger partial charge in [-0.25, -0.2) is 4.79 Å². The molecule has 2 unspecified atom stereocenters. The van der Waals surface area contributed by atoms with Crippen LogP contribution in [0, 0.1) is 0 Å². The molecule has 2 atom stereocenters. The van der Waals surface area contributed by atoms with Crippen LogP contribution in [0.2, 0.25) is 0 Å². The molecule has 12 nitrogen and oxygen atoms in total. The van der Waals surface area contributed by atoms with Crippen LogP contribution in [0.3, 0.4) is 0 Å². The standard InChI is InChI=1S/C29H38N6O6/c1-2-10-31-29(40)33-23-17-20(27(38)32-22(18-26(36)37)21-6-3-11-30-19-21)8-9-24(23)34-12-5-13-35(15-14-34)28(39)25-7-4-16-41-25/h3,6,8-9,11,17,19,22,25H,2,4-5,7,10,12-16,18H2,1H3,(H,32,38)(H,36,37)(H2,31,33,40). The van der Waals surface area contributed by atoms with E-state index >= 15 is 0 Å². The molecule has 1 aromatic heterocycles. The Morgan fingerprint density at radius 3 is 2.68 bits per heavy atom. The van der Waals surface area contributed by atoms with E-state index in [9.17, 15) is 24.3 Å². The van der Waals surface area contributed by atoms with E-state index in [1.807, 2.05) is 11.8 Å². The summed E-state index contributed by atoms with van der Waals surface area (Å²) in [7, 11) is 0. The van der Waals surface area contributed by atoms with Gasteiger partial charge in [0.25, 0.3) is 11.8 Å². The fraction of sp³-hybridized carbons (Fsp3) is 0.483. The minimum Gasteiger partial charge on any atom is -0.481 e. The fourth-order valence-electron chi connectivity index (χ4n) is 5.06. The molecule has 2 aliphatic heterocycles. The minimum atomic E-state index is -1.06. The lowest BCUT2D eigenvalue weighted by atomic mass is 10.0. The SMILES string of the molecule is CCCNC(=O)Nc1cc(C(=O)NC(CC(=O)O)c2cccnc2)ccc1N1CCCN(C(=O)C2CCCO2)CC1. The van der Waals surface area contributed by atoms with E-state index in [-0.39, 0.29) is 24.0 Å². The zero-order valence-corrected chi connectivity index (χ0v) is 23.3. The number of carboxylic acid groups (broad SMARTS) is 1. The Balaban J connectivity index is 1.54. The van der Waals surface area contributed by atoms with Crippen molar-refractivity contribution in [1.29, 1.82) is 0 Å². The lowest BCUT2D eigenvalue weighted by molar-refractivity contribution is -0.140. The molecule has 0 spiro atoms. The summed E-state index contributed by atoms with van der Waals surface area (Å²) in [4.78, 5) is 58.3. The number of ether oxygens (including phenoxy) is 1. The highest BCUT2D eigenvalue weighted by molar-refractivity contribution is 6.00. The van der Waals surface area contributed by atoms with E-state index in [4.69, 9.17) is 4.74 Å². The number of carbonyl (C=O) groups excluding carboxylic acids is 3. The topological polar surface area (TPSA) is 153 Å². The number of hydrogen-bond donors (Lipinski definition) is 4. The van der Waals surface area contributed by atoms with Crippen molar-refractivity contribution in [3.63, 3.8) is 0 Å². The van der Waals surface area contributed by atoms with Gasteiger partial charge in [0.05, 0.1) is 23.8 Å². The minimum absolute atomic E-state index is 0.0261. The second kappa shape index (κ2) is 14.4. The number of aromatic nitrogens is 1. The van der Waals surface area contributed by atoms with Gasteiger partial charge in [0.15, 0.2) is 0 Å². The summed E-state index contributed by atoms with van der Waals surface area (Å²) in [6, 6.07) is 7.24. The highest BCUT2D eigenvalue weighted by Gasteiger charge is 2.30. The monoisotopic (exact) mass is 566 g/mol. The van der Waals surface area contributed by atoms with Crippen LogP contribution in [0.4, 0.5) is 16.2 Å². The van der Waals surface area contributed by atoms with Crippen LogP contribution in [-0.4, -0.2) is 84.2 Å². The van der Waals surface area contributed by atoms with Crippen molar-refractivity contribution in [2.45, 2.75) is 51.2 Å². The van der Waals surface area contributed by atoms with Crippen LogP contribution in [0.1, 0.15) is 61.0 Å². The highest BCUT2D eigenvalue weighted by atomic mass is 16.5. The van der Waals surface area contributed by atoms with Gasteiger partial charge in [0.1, 0.15) is 6.10 Å². The zero-order valence-electron chi connectivity index (χ0n) is 23.3. The van der Waals surface area contributed by atoms with Gasteiger partial charge in [-0.05, 0) is 55.5 Å². The third-order valence-corrected chi connectivity index (χ3v) is 7.17. The van der Waals surface area contributed by atoms with Crippen LogP contribution in [0.5, 0.6) is 0 Å². The summed E-state index contributed by atoms with van der Waals surface area (Å²) < 4.78 is 5.59. The average Bonchev–Trinajstić information content (AvgIpc) is 3.40. The largest absolute Gasteiger partial charge is 0.481 e. The van der Waals surface area contributed by atoms with E-state index in [1.54, 1.807) is 36.5 Å².